The van der Waals surface area contributed by atoms with E-state index in [1.54, 1.807) is 23.1 Å². The number of ketones is 1. The van der Waals surface area contributed by atoms with Crippen LogP contribution in [0.5, 0.6) is 5.75 Å². The van der Waals surface area contributed by atoms with Crippen LogP contribution in [0.25, 0.3) is 0 Å². The van der Waals surface area contributed by atoms with Crippen molar-refractivity contribution in [3.63, 3.8) is 0 Å². The molecule has 18 heavy (non-hydrogen) atoms. The highest BCUT2D eigenvalue weighted by Crippen LogP contribution is 2.36. The van der Waals surface area contributed by atoms with E-state index in [1.807, 2.05) is 42.6 Å². The molecule has 4 heteroatoms. The van der Waals surface area contributed by atoms with E-state index in [2.05, 4.69) is 0 Å². The molecule has 1 aliphatic heterocycles. The Morgan fingerprint density at radius 2 is 2.17 bits per heavy atom. The molecule has 92 valence electrons. The molecule has 1 atom stereocenters. The van der Waals surface area contributed by atoms with Crippen molar-refractivity contribution in [3.8, 4) is 5.75 Å². The second kappa shape index (κ2) is 4.78. The lowest BCUT2D eigenvalue weighted by atomic mass is 10.1. The molecule has 3 rings (SSSR count). The number of Topliss-reactive ketones (excluding diaryl/α,β-unsaturated/α-hetero) is 1. The van der Waals surface area contributed by atoms with Crippen LogP contribution in [0.15, 0.2) is 40.6 Å². The summed E-state index contributed by atoms with van der Waals surface area (Å²) in [4.78, 5) is 14.5. The Labute approximate surface area is 114 Å². The Morgan fingerprint density at radius 3 is 2.94 bits per heavy atom. The van der Waals surface area contributed by atoms with Gasteiger partial charge in [0, 0.05) is 21.1 Å². The molecule has 0 N–H and O–H groups in total. The molecule has 0 fully saturated rings. The molecule has 0 radical (unpaired) electrons. The van der Waals surface area contributed by atoms with Crippen LogP contribution in [-0.4, -0.2) is 17.6 Å². The standard InChI is InChI=1S/C14H12O2S2/c1-9-10(6-7-17-9)14(15)12-8-18-13-5-3-2-4-11(13)16-12/h2-7,12H,8H2,1H3. The minimum Gasteiger partial charge on any atom is -0.480 e. The van der Waals surface area contributed by atoms with E-state index in [0.717, 1.165) is 21.1 Å². The summed E-state index contributed by atoms with van der Waals surface area (Å²) in [6.45, 7) is 1.97. The van der Waals surface area contributed by atoms with E-state index in [1.165, 1.54) is 0 Å². The van der Waals surface area contributed by atoms with Gasteiger partial charge in [-0.25, -0.2) is 0 Å². The van der Waals surface area contributed by atoms with Crippen molar-refractivity contribution in [2.75, 3.05) is 5.75 Å². The number of thiophene rings is 1. The minimum absolute atomic E-state index is 0.0933. The van der Waals surface area contributed by atoms with Gasteiger partial charge in [-0.2, -0.15) is 0 Å². The highest BCUT2D eigenvalue weighted by atomic mass is 32.2. The van der Waals surface area contributed by atoms with Gasteiger partial charge in [-0.15, -0.1) is 23.1 Å². The number of fused-ring (bicyclic) bond motifs is 1. The van der Waals surface area contributed by atoms with Crippen LogP contribution < -0.4 is 4.74 Å². The normalized spacial score (nSPS) is 17.9. The molecule has 2 heterocycles. The number of para-hydroxylation sites is 1. The zero-order valence-corrected chi connectivity index (χ0v) is 11.5. The van der Waals surface area contributed by atoms with Crippen molar-refractivity contribution in [2.24, 2.45) is 0 Å². The van der Waals surface area contributed by atoms with Gasteiger partial charge in [0.2, 0.25) is 5.78 Å². The van der Waals surface area contributed by atoms with E-state index in [-0.39, 0.29) is 11.9 Å². The van der Waals surface area contributed by atoms with Crippen molar-refractivity contribution in [1.82, 2.24) is 0 Å². The van der Waals surface area contributed by atoms with Crippen LogP contribution in [0.4, 0.5) is 0 Å². The lowest BCUT2D eigenvalue weighted by Gasteiger charge is -2.24. The van der Waals surface area contributed by atoms with Gasteiger partial charge in [0.05, 0.1) is 0 Å². The Bertz CT molecular complexity index is 589. The minimum atomic E-state index is -0.363. The number of carbonyl (C=O) groups is 1. The quantitative estimate of drug-likeness (QED) is 0.781. The van der Waals surface area contributed by atoms with E-state index in [9.17, 15) is 4.79 Å². The largest absolute Gasteiger partial charge is 0.480 e. The molecule has 2 nitrogen and oxygen atoms in total. The number of rotatable bonds is 2. The van der Waals surface area contributed by atoms with Gasteiger partial charge in [-0.05, 0) is 30.5 Å². The van der Waals surface area contributed by atoms with Crippen molar-refractivity contribution in [1.29, 1.82) is 0 Å². The third-order valence-electron chi connectivity index (χ3n) is 2.93. The first-order valence-corrected chi connectivity index (χ1v) is 7.59. The summed E-state index contributed by atoms with van der Waals surface area (Å²) >= 11 is 3.28. The van der Waals surface area contributed by atoms with Gasteiger partial charge >= 0.3 is 0 Å². The molecule has 0 spiro atoms. The maximum atomic E-state index is 12.4. The fourth-order valence-electron chi connectivity index (χ4n) is 1.96. The summed E-state index contributed by atoms with van der Waals surface area (Å²) in [5, 5.41) is 1.95. The van der Waals surface area contributed by atoms with E-state index >= 15 is 0 Å². The number of hydrogen-bond donors (Lipinski definition) is 0. The molecule has 1 unspecified atom stereocenters. The predicted molar refractivity (Wildman–Crippen MR) is 75.0 cm³/mol. The summed E-state index contributed by atoms with van der Waals surface area (Å²) in [7, 11) is 0. The number of hydrogen-bond acceptors (Lipinski definition) is 4. The monoisotopic (exact) mass is 276 g/mol. The first-order valence-electron chi connectivity index (χ1n) is 5.72. The van der Waals surface area contributed by atoms with Crippen LogP contribution in [0.2, 0.25) is 0 Å². The summed E-state index contributed by atoms with van der Waals surface area (Å²) in [6, 6.07) is 9.75. The SMILES string of the molecule is Cc1sccc1C(=O)C1CSc2ccccc2O1. The van der Waals surface area contributed by atoms with Crippen LogP contribution in [0.1, 0.15) is 15.2 Å². The molecule has 0 bridgehead atoms. The van der Waals surface area contributed by atoms with Crippen molar-refractivity contribution < 1.29 is 9.53 Å². The third-order valence-corrected chi connectivity index (χ3v) is 4.89. The average molecular weight is 276 g/mol. The Morgan fingerprint density at radius 1 is 1.33 bits per heavy atom. The fourth-order valence-corrected chi connectivity index (χ4v) is 3.65. The molecule has 0 aliphatic carbocycles. The van der Waals surface area contributed by atoms with Gasteiger partial charge in [-0.3, -0.25) is 4.79 Å². The Hall–Kier alpha value is -1.26. The molecule has 0 saturated carbocycles. The van der Waals surface area contributed by atoms with Crippen LogP contribution in [0, 0.1) is 6.92 Å². The summed E-state index contributed by atoms with van der Waals surface area (Å²) in [5.74, 6) is 1.60. The van der Waals surface area contributed by atoms with Gasteiger partial charge in [0.25, 0.3) is 0 Å². The Balaban J connectivity index is 1.84. The second-order valence-corrected chi connectivity index (χ2v) is 6.30. The molecular weight excluding hydrogens is 264 g/mol. The zero-order valence-electron chi connectivity index (χ0n) is 9.88. The zero-order chi connectivity index (χ0) is 12.5. The Kier molecular flexibility index (Phi) is 3.14. The molecule has 0 amide bonds. The molecule has 0 saturated heterocycles. The third kappa shape index (κ3) is 2.06. The number of thioether (sulfide) groups is 1. The average Bonchev–Trinajstić information content (AvgIpc) is 2.83. The maximum absolute atomic E-state index is 12.4. The number of ether oxygens (including phenoxy) is 1. The van der Waals surface area contributed by atoms with E-state index in [0.29, 0.717) is 5.75 Å². The molecule has 1 aromatic heterocycles. The smallest absolute Gasteiger partial charge is 0.205 e. The van der Waals surface area contributed by atoms with Gasteiger partial charge < -0.3 is 4.74 Å². The number of benzene rings is 1. The molecule has 2 aromatic rings. The number of carbonyl (C=O) groups excluding carboxylic acids is 1. The second-order valence-electron chi connectivity index (χ2n) is 4.12. The first-order chi connectivity index (χ1) is 8.75. The van der Waals surface area contributed by atoms with Crippen LogP contribution in [-0.2, 0) is 0 Å². The fraction of sp³-hybridized carbons (Fsp3) is 0.214. The van der Waals surface area contributed by atoms with Crippen LogP contribution >= 0.6 is 23.1 Å². The highest BCUT2D eigenvalue weighted by molar-refractivity contribution is 7.99. The van der Waals surface area contributed by atoms with Crippen LogP contribution in [0.3, 0.4) is 0 Å². The lowest BCUT2D eigenvalue weighted by Crippen LogP contribution is -2.32. The van der Waals surface area contributed by atoms with E-state index < -0.39 is 0 Å². The lowest BCUT2D eigenvalue weighted by molar-refractivity contribution is 0.0815. The van der Waals surface area contributed by atoms with Crippen molar-refractivity contribution in [3.05, 3.63) is 46.2 Å². The van der Waals surface area contributed by atoms with Gasteiger partial charge in [0.15, 0.2) is 6.10 Å². The maximum Gasteiger partial charge on any atom is 0.205 e. The highest BCUT2D eigenvalue weighted by Gasteiger charge is 2.28. The number of aryl methyl sites for hydroxylation is 1. The summed E-state index contributed by atoms with van der Waals surface area (Å²) in [6.07, 6.45) is -0.363. The van der Waals surface area contributed by atoms with Gasteiger partial charge in [-0.1, -0.05) is 12.1 Å². The molecular formula is C14H12O2S2. The summed E-state index contributed by atoms with van der Waals surface area (Å²) < 4.78 is 5.81. The van der Waals surface area contributed by atoms with Gasteiger partial charge in [0.1, 0.15) is 5.75 Å². The topological polar surface area (TPSA) is 26.3 Å². The van der Waals surface area contributed by atoms with Crippen molar-refractivity contribution in [2.45, 2.75) is 17.9 Å². The van der Waals surface area contributed by atoms with Crippen molar-refractivity contribution >= 4 is 28.9 Å². The molecule has 1 aromatic carbocycles. The summed E-state index contributed by atoms with van der Waals surface area (Å²) in [5.41, 5.74) is 0.796. The molecule has 1 aliphatic rings. The predicted octanol–water partition coefficient (Wildman–Crippen LogP) is 3.79. The van der Waals surface area contributed by atoms with E-state index in [4.69, 9.17) is 4.74 Å². The first kappa shape index (κ1) is 11.8.